The van der Waals surface area contributed by atoms with Crippen LogP contribution in [0.15, 0.2) is 35.1 Å². The second kappa shape index (κ2) is 5.19. The summed E-state index contributed by atoms with van der Waals surface area (Å²) in [6.07, 6.45) is 1.25. The number of anilines is 1. The standard InChI is InChI=1S/C17H22N2O2/c1-4-21-14-10-13(17(14,2)3)18-15-9-11-7-5-6-8-12(11)16(20)19-15/h5-9,13-14H,4,10H2,1-3H3,(H2,18,19,20). The lowest BCUT2D eigenvalue weighted by molar-refractivity contribution is -0.0976. The molecular formula is C17H22N2O2. The Labute approximate surface area is 124 Å². The Morgan fingerprint density at radius 2 is 2.14 bits per heavy atom. The van der Waals surface area contributed by atoms with E-state index in [4.69, 9.17) is 4.74 Å². The summed E-state index contributed by atoms with van der Waals surface area (Å²) in [5.74, 6) is 0.784. The molecule has 21 heavy (non-hydrogen) atoms. The van der Waals surface area contributed by atoms with Crippen LogP contribution in [0.25, 0.3) is 10.8 Å². The second-order valence-electron chi connectivity index (χ2n) is 6.30. The number of ether oxygens (including phenoxy) is 1. The number of pyridine rings is 1. The van der Waals surface area contributed by atoms with Crippen molar-refractivity contribution in [2.45, 2.75) is 39.3 Å². The average molecular weight is 286 g/mol. The lowest BCUT2D eigenvalue weighted by Gasteiger charge is -2.51. The number of hydrogen-bond donors (Lipinski definition) is 2. The molecule has 0 bridgehead atoms. The molecule has 112 valence electrons. The van der Waals surface area contributed by atoms with Crippen molar-refractivity contribution >= 4 is 16.6 Å². The zero-order chi connectivity index (χ0) is 15.0. The van der Waals surface area contributed by atoms with Crippen LogP contribution in [0.1, 0.15) is 27.2 Å². The Hall–Kier alpha value is -1.81. The van der Waals surface area contributed by atoms with E-state index in [-0.39, 0.29) is 17.1 Å². The van der Waals surface area contributed by atoms with Crippen molar-refractivity contribution in [1.82, 2.24) is 4.98 Å². The highest BCUT2D eigenvalue weighted by Crippen LogP contribution is 2.44. The van der Waals surface area contributed by atoms with Gasteiger partial charge in [-0.1, -0.05) is 32.0 Å². The van der Waals surface area contributed by atoms with Crippen molar-refractivity contribution in [3.8, 4) is 0 Å². The Morgan fingerprint density at radius 3 is 2.86 bits per heavy atom. The first kappa shape index (κ1) is 14.1. The maximum absolute atomic E-state index is 12.1. The zero-order valence-corrected chi connectivity index (χ0v) is 12.8. The van der Waals surface area contributed by atoms with E-state index in [1.54, 1.807) is 0 Å². The van der Waals surface area contributed by atoms with Gasteiger partial charge < -0.3 is 15.0 Å². The third-order valence-corrected chi connectivity index (χ3v) is 4.63. The molecule has 1 aliphatic rings. The molecule has 0 saturated heterocycles. The molecule has 0 spiro atoms. The van der Waals surface area contributed by atoms with Crippen LogP contribution in [0, 0.1) is 5.41 Å². The first-order valence-electron chi connectivity index (χ1n) is 7.52. The molecule has 0 aliphatic heterocycles. The number of H-pyrrole nitrogens is 1. The number of nitrogens with one attached hydrogen (secondary N) is 2. The van der Waals surface area contributed by atoms with E-state index < -0.39 is 0 Å². The topological polar surface area (TPSA) is 54.1 Å². The zero-order valence-electron chi connectivity index (χ0n) is 12.8. The summed E-state index contributed by atoms with van der Waals surface area (Å²) in [7, 11) is 0. The van der Waals surface area contributed by atoms with Gasteiger partial charge in [-0.2, -0.15) is 0 Å². The molecule has 0 amide bonds. The predicted octanol–water partition coefficient (Wildman–Crippen LogP) is 3.14. The minimum Gasteiger partial charge on any atom is -0.378 e. The van der Waals surface area contributed by atoms with Gasteiger partial charge in [0.1, 0.15) is 5.82 Å². The van der Waals surface area contributed by atoms with Gasteiger partial charge in [0, 0.05) is 23.4 Å². The van der Waals surface area contributed by atoms with E-state index >= 15 is 0 Å². The number of benzene rings is 1. The van der Waals surface area contributed by atoms with Gasteiger partial charge in [-0.15, -0.1) is 0 Å². The van der Waals surface area contributed by atoms with Gasteiger partial charge >= 0.3 is 0 Å². The van der Waals surface area contributed by atoms with Gasteiger partial charge in [-0.25, -0.2) is 0 Å². The fraction of sp³-hybridized carbons (Fsp3) is 0.471. The van der Waals surface area contributed by atoms with Gasteiger partial charge in [-0.3, -0.25) is 4.79 Å². The largest absolute Gasteiger partial charge is 0.378 e. The van der Waals surface area contributed by atoms with Crippen molar-refractivity contribution in [3.63, 3.8) is 0 Å². The number of aromatic nitrogens is 1. The van der Waals surface area contributed by atoms with E-state index in [9.17, 15) is 4.79 Å². The molecule has 2 atom stereocenters. The van der Waals surface area contributed by atoms with Gasteiger partial charge in [-0.05, 0) is 30.9 Å². The Bertz CT molecular complexity index is 705. The molecule has 1 aliphatic carbocycles. The van der Waals surface area contributed by atoms with Crippen molar-refractivity contribution in [3.05, 3.63) is 40.7 Å². The highest BCUT2D eigenvalue weighted by Gasteiger charge is 2.48. The Balaban J connectivity index is 1.82. The van der Waals surface area contributed by atoms with E-state index in [0.717, 1.165) is 29.6 Å². The van der Waals surface area contributed by atoms with Crippen LogP contribution in [-0.4, -0.2) is 23.7 Å². The summed E-state index contributed by atoms with van der Waals surface area (Å²) < 4.78 is 5.74. The first-order valence-corrected chi connectivity index (χ1v) is 7.52. The lowest BCUT2D eigenvalue weighted by atomic mass is 9.64. The molecule has 2 aromatic rings. The van der Waals surface area contributed by atoms with Crippen LogP contribution in [0.4, 0.5) is 5.82 Å². The molecule has 4 nitrogen and oxygen atoms in total. The van der Waals surface area contributed by atoms with Crippen molar-refractivity contribution < 1.29 is 4.74 Å². The normalized spacial score (nSPS) is 23.8. The van der Waals surface area contributed by atoms with E-state index in [1.165, 1.54) is 0 Å². The molecule has 1 saturated carbocycles. The van der Waals surface area contributed by atoms with Crippen molar-refractivity contribution in [1.29, 1.82) is 0 Å². The fourth-order valence-electron chi connectivity index (χ4n) is 3.09. The fourth-order valence-corrected chi connectivity index (χ4v) is 3.09. The Morgan fingerprint density at radius 1 is 1.38 bits per heavy atom. The molecular weight excluding hydrogens is 264 g/mol. The van der Waals surface area contributed by atoms with E-state index in [1.807, 2.05) is 37.3 Å². The van der Waals surface area contributed by atoms with Crippen LogP contribution in [0.3, 0.4) is 0 Å². The molecule has 1 fully saturated rings. The van der Waals surface area contributed by atoms with Crippen LogP contribution in [0.5, 0.6) is 0 Å². The molecule has 1 aromatic carbocycles. The molecule has 1 aromatic heterocycles. The Kier molecular flexibility index (Phi) is 3.49. The summed E-state index contributed by atoms with van der Waals surface area (Å²) in [6, 6.07) is 9.95. The van der Waals surface area contributed by atoms with Crippen molar-refractivity contribution in [2.75, 3.05) is 11.9 Å². The molecule has 0 radical (unpaired) electrons. The van der Waals surface area contributed by atoms with Crippen LogP contribution in [-0.2, 0) is 4.74 Å². The smallest absolute Gasteiger partial charge is 0.257 e. The number of aromatic amines is 1. The molecule has 4 heteroatoms. The highest BCUT2D eigenvalue weighted by atomic mass is 16.5. The number of fused-ring (bicyclic) bond motifs is 1. The van der Waals surface area contributed by atoms with E-state index in [2.05, 4.69) is 24.1 Å². The summed E-state index contributed by atoms with van der Waals surface area (Å²) in [5.41, 5.74) is 0.0209. The second-order valence-corrected chi connectivity index (χ2v) is 6.30. The molecule has 3 rings (SSSR count). The highest BCUT2D eigenvalue weighted by molar-refractivity contribution is 5.83. The summed E-state index contributed by atoms with van der Waals surface area (Å²) >= 11 is 0. The third-order valence-electron chi connectivity index (χ3n) is 4.63. The number of hydrogen-bond acceptors (Lipinski definition) is 3. The summed E-state index contributed by atoms with van der Waals surface area (Å²) in [4.78, 5) is 15.0. The predicted molar refractivity (Wildman–Crippen MR) is 85.8 cm³/mol. The minimum atomic E-state index is -0.0471. The van der Waals surface area contributed by atoms with Crippen LogP contribution >= 0.6 is 0 Å². The van der Waals surface area contributed by atoms with Crippen molar-refractivity contribution in [2.24, 2.45) is 5.41 Å². The van der Waals surface area contributed by atoms with Crippen LogP contribution in [0.2, 0.25) is 0 Å². The van der Waals surface area contributed by atoms with E-state index in [0.29, 0.717) is 6.04 Å². The summed E-state index contributed by atoms with van der Waals surface area (Å²) in [5, 5.41) is 5.14. The average Bonchev–Trinajstić information content (AvgIpc) is 2.46. The monoisotopic (exact) mass is 286 g/mol. The van der Waals surface area contributed by atoms with Crippen LogP contribution < -0.4 is 10.9 Å². The third kappa shape index (κ3) is 2.44. The van der Waals surface area contributed by atoms with Gasteiger partial charge in [0.05, 0.1) is 6.10 Å². The molecule has 1 heterocycles. The minimum absolute atomic E-state index is 0.0471. The quantitative estimate of drug-likeness (QED) is 0.908. The maximum atomic E-state index is 12.1. The SMILES string of the molecule is CCOC1CC(Nc2cc3ccccc3c(=O)[nH]2)C1(C)C. The lowest BCUT2D eigenvalue weighted by Crippen LogP contribution is -2.58. The summed E-state index contributed by atoms with van der Waals surface area (Å²) in [6.45, 7) is 7.17. The molecule has 2 unspecified atom stereocenters. The molecule has 2 N–H and O–H groups in total. The van der Waals surface area contributed by atoms with Gasteiger partial charge in [0.15, 0.2) is 0 Å². The maximum Gasteiger partial charge on any atom is 0.257 e. The van der Waals surface area contributed by atoms with Gasteiger partial charge in [0.2, 0.25) is 0 Å². The van der Waals surface area contributed by atoms with Gasteiger partial charge in [0.25, 0.3) is 5.56 Å². The number of rotatable bonds is 4. The first-order chi connectivity index (χ1) is 10.0.